The molecule has 0 unspecified atom stereocenters. The molecule has 0 radical (unpaired) electrons. The molecule has 0 aliphatic heterocycles. The van der Waals surface area contributed by atoms with Crippen LogP contribution in [0.4, 0.5) is 8.78 Å². The fourth-order valence-electron chi connectivity index (χ4n) is 1.97. The summed E-state index contributed by atoms with van der Waals surface area (Å²) < 4.78 is 26.2. The fourth-order valence-corrected chi connectivity index (χ4v) is 1.97. The minimum atomic E-state index is -0.542. The van der Waals surface area contributed by atoms with Gasteiger partial charge in [0.15, 0.2) is 0 Å². The van der Waals surface area contributed by atoms with Crippen molar-refractivity contribution in [1.29, 1.82) is 0 Å². The molecule has 0 N–H and O–H groups in total. The first kappa shape index (κ1) is 12.7. The summed E-state index contributed by atoms with van der Waals surface area (Å²) in [6.45, 7) is 2.16. The molecular weight excluding hydrogens is 230 g/mol. The molecule has 2 aromatic carbocycles. The van der Waals surface area contributed by atoms with Crippen molar-refractivity contribution in [1.82, 2.24) is 0 Å². The van der Waals surface area contributed by atoms with Gasteiger partial charge in [0.2, 0.25) is 0 Å². The number of hydrogen-bond acceptors (Lipinski definition) is 0. The Morgan fingerprint density at radius 1 is 0.833 bits per heavy atom. The maximum absolute atomic E-state index is 13.1. The monoisotopic (exact) mass is 246 g/mol. The molecule has 18 heavy (non-hydrogen) atoms. The van der Waals surface area contributed by atoms with Gasteiger partial charge in [0.1, 0.15) is 11.6 Å². The quantitative estimate of drug-likeness (QED) is 0.714. The van der Waals surface area contributed by atoms with E-state index in [0.29, 0.717) is 5.56 Å². The molecule has 0 saturated heterocycles. The Bertz CT molecular complexity index is 495. The number of unbranched alkanes of at least 4 members (excludes halogenated alkanes) is 1. The van der Waals surface area contributed by atoms with Crippen LogP contribution in [0.2, 0.25) is 0 Å². The van der Waals surface area contributed by atoms with E-state index in [9.17, 15) is 8.78 Å². The average molecular weight is 246 g/mol. The van der Waals surface area contributed by atoms with E-state index in [-0.39, 0.29) is 0 Å². The van der Waals surface area contributed by atoms with E-state index in [2.05, 4.69) is 6.92 Å². The lowest BCUT2D eigenvalue weighted by atomic mass is 10.0. The Labute approximate surface area is 106 Å². The van der Waals surface area contributed by atoms with Crippen LogP contribution in [0, 0.1) is 11.6 Å². The van der Waals surface area contributed by atoms with Gasteiger partial charge in [-0.2, -0.15) is 0 Å². The Hall–Kier alpha value is -1.70. The molecule has 0 atom stereocenters. The number of aryl methyl sites for hydroxylation is 1. The highest BCUT2D eigenvalue weighted by molar-refractivity contribution is 5.63. The number of hydrogen-bond donors (Lipinski definition) is 0. The molecule has 2 rings (SSSR count). The Kier molecular flexibility index (Phi) is 4.08. The van der Waals surface area contributed by atoms with Crippen LogP contribution in [-0.4, -0.2) is 0 Å². The van der Waals surface area contributed by atoms with E-state index in [1.165, 1.54) is 17.7 Å². The zero-order valence-corrected chi connectivity index (χ0v) is 10.4. The van der Waals surface area contributed by atoms with Gasteiger partial charge < -0.3 is 0 Å². The van der Waals surface area contributed by atoms with Gasteiger partial charge in [0.25, 0.3) is 0 Å². The molecule has 94 valence electrons. The second-order valence-electron chi connectivity index (χ2n) is 4.46. The van der Waals surface area contributed by atoms with Crippen LogP contribution in [0.15, 0.2) is 42.5 Å². The lowest BCUT2D eigenvalue weighted by Crippen LogP contribution is -1.87. The summed E-state index contributed by atoms with van der Waals surface area (Å²) in [4.78, 5) is 0. The maximum atomic E-state index is 13.1. The third kappa shape index (κ3) is 3.16. The van der Waals surface area contributed by atoms with Crippen LogP contribution in [0.5, 0.6) is 0 Å². The molecule has 2 heteroatoms. The van der Waals surface area contributed by atoms with Crippen molar-refractivity contribution in [2.24, 2.45) is 0 Å². The van der Waals surface area contributed by atoms with Crippen molar-refractivity contribution in [2.45, 2.75) is 26.2 Å². The second kappa shape index (κ2) is 5.76. The first-order chi connectivity index (χ1) is 8.69. The van der Waals surface area contributed by atoms with Crippen LogP contribution in [0.1, 0.15) is 25.3 Å². The molecule has 0 aliphatic rings. The zero-order chi connectivity index (χ0) is 13.0. The largest absolute Gasteiger partial charge is 0.207 e. The van der Waals surface area contributed by atoms with Gasteiger partial charge in [-0.3, -0.25) is 0 Å². The SMILES string of the molecule is CCCCc1ccc(-c2cc(F)cc(F)c2)cc1. The van der Waals surface area contributed by atoms with Crippen molar-refractivity contribution in [3.8, 4) is 11.1 Å². The highest BCUT2D eigenvalue weighted by atomic mass is 19.1. The molecule has 0 saturated carbocycles. The van der Waals surface area contributed by atoms with E-state index in [1.54, 1.807) is 0 Å². The number of halogens is 2. The molecule has 0 heterocycles. The summed E-state index contributed by atoms with van der Waals surface area (Å²) in [6.07, 6.45) is 3.37. The van der Waals surface area contributed by atoms with Gasteiger partial charge in [-0.1, -0.05) is 37.6 Å². The van der Waals surface area contributed by atoms with Crippen LogP contribution < -0.4 is 0 Å². The standard InChI is InChI=1S/C16H16F2/c1-2-3-4-12-5-7-13(8-6-12)14-9-15(17)11-16(18)10-14/h5-11H,2-4H2,1H3. The summed E-state index contributed by atoms with van der Waals surface area (Å²) in [5.74, 6) is -1.08. The van der Waals surface area contributed by atoms with Gasteiger partial charge in [-0.25, -0.2) is 8.78 Å². The summed E-state index contributed by atoms with van der Waals surface area (Å²) >= 11 is 0. The summed E-state index contributed by atoms with van der Waals surface area (Å²) in [5.41, 5.74) is 2.68. The molecule has 0 bridgehead atoms. The molecule has 0 spiro atoms. The maximum Gasteiger partial charge on any atom is 0.126 e. The van der Waals surface area contributed by atoms with Gasteiger partial charge in [0.05, 0.1) is 0 Å². The van der Waals surface area contributed by atoms with Crippen LogP contribution in [0.3, 0.4) is 0 Å². The van der Waals surface area contributed by atoms with Crippen molar-refractivity contribution in [2.75, 3.05) is 0 Å². The highest BCUT2D eigenvalue weighted by Crippen LogP contribution is 2.22. The molecule has 0 aliphatic carbocycles. The Morgan fingerprint density at radius 3 is 2.00 bits per heavy atom. The van der Waals surface area contributed by atoms with Crippen LogP contribution in [-0.2, 0) is 6.42 Å². The first-order valence-corrected chi connectivity index (χ1v) is 6.24. The molecule has 2 aromatic rings. The van der Waals surface area contributed by atoms with E-state index < -0.39 is 11.6 Å². The third-order valence-electron chi connectivity index (χ3n) is 2.97. The van der Waals surface area contributed by atoms with Crippen molar-refractivity contribution >= 4 is 0 Å². The molecule has 0 fully saturated rings. The van der Waals surface area contributed by atoms with Crippen LogP contribution in [0.25, 0.3) is 11.1 Å². The van der Waals surface area contributed by atoms with Crippen molar-refractivity contribution in [3.63, 3.8) is 0 Å². The van der Waals surface area contributed by atoms with Crippen LogP contribution >= 0.6 is 0 Å². The summed E-state index contributed by atoms with van der Waals surface area (Å²) in [6, 6.07) is 11.5. The smallest absolute Gasteiger partial charge is 0.126 e. The van der Waals surface area contributed by atoms with Gasteiger partial charge in [0, 0.05) is 6.07 Å². The van der Waals surface area contributed by atoms with Gasteiger partial charge in [-0.05, 0) is 41.7 Å². The minimum Gasteiger partial charge on any atom is -0.207 e. The van der Waals surface area contributed by atoms with E-state index in [1.807, 2.05) is 24.3 Å². The average Bonchev–Trinajstić information content (AvgIpc) is 2.36. The lowest BCUT2D eigenvalue weighted by molar-refractivity contribution is 0.584. The Morgan fingerprint density at radius 2 is 1.44 bits per heavy atom. The summed E-state index contributed by atoms with van der Waals surface area (Å²) in [5, 5.41) is 0. The third-order valence-corrected chi connectivity index (χ3v) is 2.97. The molecule has 0 aromatic heterocycles. The van der Waals surface area contributed by atoms with Gasteiger partial charge >= 0.3 is 0 Å². The molecule has 0 nitrogen and oxygen atoms in total. The first-order valence-electron chi connectivity index (χ1n) is 6.24. The van der Waals surface area contributed by atoms with Gasteiger partial charge in [-0.15, -0.1) is 0 Å². The zero-order valence-electron chi connectivity index (χ0n) is 10.4. The second-order valence-corrected chi connectivity index (χ2v) is 4.46. The van der Waals surface area contributed by atoms with Crippen molar-refractivity contribution < 1.29 is 8.78 Å². The molecular formula is C16H16F2. The number of benzene rings is 2. The topological polar surface area (TPSA) is 0 Å². The highest BCUT2D eigenvalue weighted by Gasteiger charge is 2.03. The predicted octanol–water partition coefficient (Wildman–Crippen LogP) is 4.97. The lowest BCUT2D eigenvalue weighted by Gasteiger charge is -2.05. The Balaban J connectivity index is 2.23. The van der Waals surface area contributed by atoms with Crippen molar-refractivity contribution in [3.05, 3.63) is 59.7 Å². The fraction of sp³-hybridized carbons (Fsp3) is 0.250. The van der Waals surface area contributed by atoms with E-state index in [4.69, 9.17) is 0 Å². The normalized spacial score (nSPS) is 10.6. The van der Waals surface area contributed by atoms with E-state index in [0.717, 1.165) is 30.9 Å². The number of rotatable bonds is 4. The molecule has 0 amide bonds. The summed E-state index contributed by atoms with van der Waals surface area (Å²) in [7, 11) is 0. The predicted molar refractivity (Wildman–Crippen MR) is 70.4 cm³/mol. The minimum absolute atomic E-state index is 0.542. The van der Waals surface area contributed by atoms with E-state index >= 15 is 0 Å².